The molecule has 0 saturated carbocycles. The average Bonchev–Trinajstić information content (AvgIpc) is 2.20. The Balaban J connectivity index is 2.28. The maximum Gasteiger partial charge on any atom is 0.0664 e. The molecule has 3 heteroatoms. The number of aliphatic hydroxyl groups excluding tert-OH is 1. The highest BCUT2D eigenvalue weighted by molar-refractivity contribution is 4.76. The van der Waals surface area contributed by atoms with E-state index in [1.807, 2.05) is 6.92 Å². The van der Waals surface area contributed by atoms with Gasteiger partial charge in [0.25, 0.3) is 0 Å². The molecule has 0 aliphatic carbocycles. The quantitative estimate of drug-likeness (QED) is 0.757. The van der Waals surface area contributed by atoms with Crippen molar-refractivity contribution < 1.29 is 5.11 Å². The Morgan fingerprint density at radius 1 is 1.33 bits per heavy atom. The molecule has 3 nitrogen and oxygen atoms in total. The van der Waals surface area contributed by atoms with Crippen LogP contribution in [0.1, 0.15) is 26.7 Å². The summed E-state index contributed by atoms with van der Waals surface area (Å²) in [7, 11) is 4.31. The number of hydrogen-bond donors (Lipinski definition) is 1. The van der Waals surface area contributed by atoms with E-state index < -0.39 is 0 Å². The smallest absolute Gasteiger partial charge is 0.0664 e. The molecule has 0 amide bonds. The van der Waals surface area contributed by atoms with Gasteiger partial charge in [-0.3, -0.25) is 0 Å². The first-order valence-corrected chi connectivity index (χ1v) is 6.07. The van der Waals surface area contributed by atoms with Crippen LogP contribution in [-0.4, -0.2) is 60.8 Å². The van der Waals surface area contributed by atoms with E-state index in [1.165, 1.54) is 25.9 Å². The molecular formula is C12H26N2O. The van der Waals surface area contributed by atoms with Crippen molar-refractivity contribution in [2.24, 2.45) is 5.92 Å². The van der Waals surface area contributed by atoms with E-state index in [-0.39, 0.29) is 12.1 Å². The molecule has 0 radical (unpaired) electrons. The number of nitrogens with zero attached hydrogens (tertiary/aromatic N) is 2. The van der Waals surface area contributed by atoms with Crippen LogP contribution in [0.15, 0.2) is 0 Å². The van der Waals surface area contributed by atoms with Crippen LogP contribution in [0.25, 0.3) is 0 Å². The van der Waals surface area contributed by atoms with Gasteiger partial charge in [0.05, 0.1) is 6.10 Å². The lowest BCUT2D eigenvalue weighted by Gasteiger charge is -2.34. The van der Waals surface area contributed by atoms with Crippen molar-refractivity contribution in [2.75, 3.05) is 33.7 Å². The first-order valence-electron chi connectivity index (χ1n) is 6.07. The molecule has 1 fully saturated rings. The average molecular weight is 214 g/mol. The number of likely N-dealkylation sites (N-methyl/N-ethyl adjacent to an activating group) is 1. The van der Waals surface area contributed by atoms with Crippen LogP contribution < -0.4 is 0 Å². The molecule has 15 heavy (non-hydrogen) atoms. The maximum absolute atomic E-state index is 9.51. The Labute approximate surface area is 94.1 Å². The molecule has 0 spiro atoms. The van der Waals surface area contributed by atoms with Crippen molar-refractivity contribution in [3.63, 3.8) is 0 Å². The van der Waals surface area contributed by atoms with Crippen molar-refractivity contribution in [1.82, 2.24) is 9.80 Å². The van der Waals surface area contributed by atoms with Gasteiger partial charge in [0.1, 0.15) is 0 Å². The highest BCUT2D eigenvalue weighted by Crippen LogP contribution is 2.18. The summed E-state index contributed by atoms with van der Waals surface area (Å²) in [5, 5.41) is 9.51. The number of hydrogen-bond acceptors (Lipinski definition) is 3. The predicted molar refractivity (Wildman–Crippen MR) is 64.0 cm³/mol. The van der Waals surface area contributed by atoms with Gasteiger partial charge in [0.15, 0.2) is 0 Å². The van der Waals surface area contributed by atoms with Gasteiger partial charge in [-0.15, -0.1) is 0 Å². The summed E-state index contributed by atoms with van der Waals surface area (Å²) in [4.78, 5) is 4.69. The number of likely N-dealkylation sites (tertiary alicyclic amines) is 1. The summed E-state index contributed by atoms with van der Waals surface area (Å²) in [5.41, 5.74) is 0. The maximum atomic E-state index is 9.51. The molecule has 0 aromatic rings. The van der Waals surface area contributed by atoms with E-state index in [0.717, 1.165) is 12.5 Å². The van der Waals surface area contributed by atoms with Crippen LogP contribution in [0.4, 0.5) is 0 Å². The van der Waals surface area contributed by atoms with Crippen LogP contribution in [0.3, 0.4) is 0 Å². The van der Waals surface area contributed by atoms with Crippen LogP contribution in [0, 0.1) is 5.92 Å². The first-order chi connectivity index (χ1) is 7.00. The molecule has 0 bridgehead atoms. The van der Waals surface area contributed by atoms with E-state index in [4.69, 9.17) is 0 Å². The Kier molecular flexibility index (Phi) is 5.03. The molecule has 1 heterocycles. The number of rotatable bonds is 4. The molecular weight excluding hydrogens is 188 g/mol. The monoisotopic (exact) mass is 214 g/mol. The molecule has 1 rings (SSSR count). The van der Waals surface area contributed by atoms with Crippen molar-refractivity contribution in [3.05, 3.63) is 0 Å². The zero-order chi connectivity index (χ0) is 11.4. The summed E-state index contributed by atoms with van der Waals surface area (Å²) in [6.45, 7) is 7.54. The number of piperidine rings is 1. The van der Waals surface area contributed by atoms with Crippen LogP contribution in [0.2, 0.25) is 0 Å². The topological polar surface area (TPSA) is 26.7 Å². The van der Waals surface area contributed by atoms with Crippen LogP contribution in [-0.2, 0) is 0 Å². The lowest BCUT2D eigenvalue weighted by Crippen LogP contribution is -2.42. The van der Waals surface area contributed by atoms with Crippen LogP contribution in [0.5, 0.6) is 0 Å². The minimum Gasteiger partial charge on any atom is -0.392 e. The fraction of sp³-hybridized carbons (Fsp3) is 1.00. The van der Waals surface area contributed by atoms with Gasteiger partial charge >= 0.3 is 0 Å². The molecule has 2 unspecified atom stereocenters. The highest BCUT2D eigenvalue weighted by atomic mass is 16.3. The fourth-order valence-corrected chi connectivity index (χ4v) is 2.19. The Bertz CT molecular complexity index is 176. The van der Waals surface area contributed by atoms with Gasteiger partial charge in [0, 0.05) is 12.6 Å². The zero-order valence-electron chi connectivity index (χ0n) is 10.6. The van der Waals surface area contributed by atoms with Gasteiger partial charge < -0.3 is 14.9 Å². The summed E-state index contributed by atoms with van der Waals surface area (Å²) in [5.74, 6) is 0.812. The molecule has 0 aromatic heterocycles. The Hall–Kier alpha value is -0.120. The summed E-state index contributed by atoms with van der Waals surface area (Å²) in [6.07, 6.45) is 2.36. The van der Waals surface area contributed by atoms with Crippen LogP contribution >= 0.6 is 0 Å². The van der Waals surface area contributed by atoms with E-state index in [9.17, 15) is 5.11 Å². The molecule has 1 aliphatic heterocycles. The van der Waals surface area contributed by atoms with Crippen molar-refractivity contribution in [2.45, 2.75) is 38.8 Å². The van der Waals surface area contributed by atoms with E-state index in [2.05, 4.69) is 30.8 Å². The summed E-state index contributed by atoms with van der Waals surface area (Å²) >= 11 is 0. The molecule has 1 aliphatic rings. The highest BCUT2D eigenvalue weighted by Gasteiger charge is 2.21. The summed E-state index contributed by atoms with van der Waals surface area (Å²) in [6, 6.07) is 0.268. The minimum absolute atomic E-state index is 0.235. The lowest BCUT2D eigenvalue weighted by atomic mass is 9.96. The summed E-state index contributed by atoms with van der Waals surface area (Å²) < 4.78 is 0. The van der Waals surface area contributed by atoms with Gasteiger partial charge in [-0.25, -0.2) is 0 Å². The van der Waals surface area contributed by atoms with Gasteiger partial charge in [0.2, 0.25) is 0 Å². The standard InChI is InChI=1S/C12H26N2O/c1-10(11(2)15)14(4)9-12-5-7-13(3)8-6-12/h10-12,15H,5-9H2,1-4H3. The molecule has 0 aromatic carbocycles. The van der Waals surface area contributed by atoms with Crippen molar-refractivity contribution in [1.29, 1.82) is 0 Å². The third-order valence-corrected chi connectivity index (χ3v) is 3.78. The van der Waals surface area contributed by atoms with E-state index >= 15 is 0 Å². The first kappa shape index (κ1) is 12.9. The lowest BCUT2D eigenvalue weighted by molar-refractivity contribution is 0.0684. The largest absolute Gasteiger partial charge is 0.392 e. The van der Waals surface area contributed by atoms with E-state index in [0.29, 0.717) is 0 Å². The molecule has 1 N–H and O–H groups in total. The van der Waals surface area contributed by atoms with E-state index in [1.54, 1.807) is 0 Å². The SMILES string of the molecule is CC(O)C(C)N(C)CC1CCN(C)CC1. The normalized spacial score (nSPS) is 24.4. The van der Waals surface area contributed by atoms with Crippen molar-refractivity contribution in [3.8, 4) is 0 Å². The van der Waals surface area contributed by atoms with Crippen molar-refractivity contribution >= 4 is 0 Å². The second kappa shape index (κ2) is 5.83. The number of aliphatic hydroxyl groups is 1. The molecule has 90 valence electrons. The predicted octanol–water partition coefficient (Wildman–Crippen LogP) is 1.03. The second-order valence-electron chi connectivity index (χ2n) is 5.17. The third-order valence-electron chi connectivity index (χ3n) is 3.78. The molecule has 2 atom stereocenters. The fourth-order valence-electron chi connectivity index (χ4n) is 2.19. The third kappa shape index (κ3) is 4.09. The molecule has 1 saturated heterocycles. The van der Waals surface area contributed by atoms with Gasteiger partial charge in [-0.05, 0) is 59.8 Å². The van der Waals surface area contributed by atoms with Gasteiger partial charge in [-0.2, -0.15) is 0 Å². The Morgan fingerprint density at radius 3 is 2.33 bits per heavy atom. The second-order valence-corrected chi connectivity index (χ2v) is 5.17. The van der Waals surface area contributed by atoms with Gasteiger partial charge in [-0.1, -0.05) is 0 Å². The Morgan fingerprint density at radius 2 is 1.87 bits per heavy atom. The zero-order valence-corrected chi connectivity index (χ0v) is 10.6. The minimum atomic E-state index is -0.235.